The number of halogens is 1. The largest absolute Gasteiger partial charge is 0.357 e. The minimum atomic E-state index is 0. The number of rotatable bonds is 6. The number of nitrogens with one attached hydrogen (secondary N) is 2. The predicted octanol–water partition coefficient (Wildman–Crippen LogP) is 2.83. The van der Waals surface area contributed by atoms with Gasteiger partial charge in [0, 0.05) is 38.5 Å². The molecular weight excluding hydrogens is 427 g/mol. The first-order valence-electron chi connectivity index (χ1n) is 9.47. The number of aromatic nitrogens is 3. The summed E-state index contributed by atoms with van der Waals surface area (Å²) in [5.74, 6) is 3.25. The first-order valence-corrected chi connectivity index (χ1v) is 9.47. The molecular formula is C18H31IN6. The fourth-order valence-corrected chi connectivity index (χ4v) is 3.41. The van der Waals surface area contributed by atoms with Gasteiger partial charge in [-0.1, -0.05) is 18.6 Å². The van der Waals surface area contributed by atoms with Crippen molar-refractivity contribution in [2.45, 2.75) is 70.9 Å². The molecule has 0 fully saturated rings. The molecule has 0 atom stereocenters. The number of guanidine groups is 1. The number of aryl methyl sites for hydroxylation is 2. The van der Waals surface area contributed by atoms with Gasteiger partial charge in [-0.3, -0.25) is 4.99 Å². The van der Waals surface area contributed by atoms with Crippen molar-refractivity contribution in [1.29, 1.82) is 0 Å². The molecule has 2 N–H and O–H groups in total. The zero-order valence-corrected chi connectivity index (χ0v) is 17.5. The van der Waals surface area contributed by atoms with Crippen molar-refractivity contribution in [3.05, 3.63) is 23.8 Å². The van der Waals surface area contributed by atoms with Crippen LogP contribution < -0.4 is 10.6 Å². The molecule has 1 aliphatic carbocycles. The van der Waals surface area contributed by atoms with Crippen molar-refractivity contribution >= 4 is 29.9 Å². The van der Waals surface area contributed by atoms with Crippen LogP contribution in [0.25, 0.3) is 0 Å². The van der Waals surface area contributed by atoms with Gasteiger partial charge >= 0.3 is 0 Å². The molecule has 1 aromatic rings. The first kappa shape index (κ1) is 20.2. The van der Waals surface area contributed by atoms with E-state index in [1.807, 2.05) is 0 Å². The summed E-state index contributed by atoms with van der Waals surface area (Å²) in [5, 5.41) is 15.6. The molecule has 0 spiro atoms. The summed E-state index contributed by atoms with van der Waals surface area (Å²) in [6.45, 7) is 4.90. The molecule has 6 nitrogen and oxygen atoms in total. The van der Waals surface area contributed by atoms with Crippen molar-refractivity contribution in [2.24, 2.45) is 4.99 Å². The number of nitrogens with zero attached hydrogens (tertiary/aromatic N) is 4. The van der Waals surface area contributed by atoms with E-state index in [0.29, 0.717) is 6.04 Å². The van der Waals surface area contributed by atoms with E-state index in [1.165, 1.54) is 25.1 Å². The third-order valence-corrected chi connectivity index (χ3v) is 4.71. The van der Waals surface area contributed by atoms with Gasteiger partial charge in [0.1, 0.15) is 11.6 Å². The Balaban J connectivity index is 0.00000225. The van der Waals surface area contributed by atoms with Crippen LogP contribution >= 0.6 is 24.0 Å². The molecule has 140 valence electrons. The monoisotopic (exact) mass is 458 g/mol. The van der Waals surface area contributed by atoms with Gasteiger partial charge in [0.05, 0.1) is 0 Å². The molecule has 0 amide bonds. The fraction of sp³-hybridized carbons (Fsp3) is 0.722. The Labute approximate surface area is 168 Å². The zero-order valence-electron chi connectivity index (χ0n) is 15.2. The van der Waals surface area contributed by atoms with Crippen LogP contribution in [0, 0.1) is 0 Å². The van der Waals surface area contributed by atoms with Crippen LogP contribution in [0.5, 0.6) is 0 Å². The highest BCUT2D eigenvalue weighted by Crippen LogP contribution is 2.15. The van der Waals surface area contributed by atoms with Gasteiger partial charge in [-0.05, 0) is 39.0 Å². The van der Waals surface area contributed by atoms with E-state index in [1.54, 1.807) is 0 Å². The molecule has 1 aliphatic heterocycles. The summed E-state index contributed by atoms with van der Waals surface area (Å²) >= 11 is 0. The van der Waals surface area contributed by atoms with E-state index in [0.717, 1.165) is 63.5 Å². The normalized spacial score (nSPS) is 17.7. The summed E-state index contributed by atoms with van der Waals surface area (Å²) in [6.07, 6.45) is 13.5. The Morgan fingerprint density at radius 2 is 2.08 bits per heavy atom. The van der Waals surface area contributed by atoms with Crippen molar-refractivity contribution in [2.75, 3.05) is 13.1 Å². The second-order valence-corrected chi connectivity index (χ2v) is 6.64. The molecule has 2 aliphatic rings. The summed E-state index contributed by atoms with van der Waals surface area (Å²) in [5.41, 5.74) is 0. The number of hydrogen-bond acceptors (Lipinski definition) is 3. The molecule has 1 aromatic heterocycles. The van der Waals surface area contributed by atoms with Crippen molar-refractivity contribution in [3.8, 4) is 0 Å². The first-order chi connectivity index (χ1) is 11.9. The highest BCUT2D eigenvalue weighted by molar-refractivity contribution is 14.0. The topological polar surface area (TPSA) is 67.1 Å². The van der Waals surface area contributed by atoms with Gasteiger partial charge < -0.3 is 15.2 Å². The van der Waals surface area contributed by atoms with E-state index in [4.69, 9.17) is 4.99 Å². The highest BCUT2D eigenvalue weighted by atomic mass is 127. The maximum atomic E-state index is 4.72. The van der Waals surface area contributed by atoms with E-state index in [9.17, 15) is 0 Å². The SMILES string of the molecule is CCNC(=NCCCc1nnc2n1CCCCC2)NC1CC=CC1.I. The Kier molecular flexibility index (Phi) is 8.71. The van der Waals surface area contributed by atoms with Crippen molar-refractivity contribution in [3.63, 3.8) is 0 Å². The predicted molar refractivity (Wildman–Crippen MR) is 113 cm³/mol. The van der Waals surface area contributed by atoms with Crippen LogP contribution in [0.4, 0.5) is 0 Å². The van der Waals surface area contributed by atoms with Crippen molar-refractivity contribution in [1.82, 2.24) is 25.4 Å². The van der Waals surface area contributed by atoms with Gasteiger partial charge in [-0.15, -0.1) is 34.2 Å². The van der Waals surface area contributed by atoms with Gasteiger partial charge in [0.15, 0.2) is 5.96 Å². The van der Waals surface area contributed by atoms with E-state index in [-0.39, 0.29) is 24.0 Å². The second kappa shape index (κ2) is 10.8. The molecule has 0 bridgehead atoms. The quantitative estimate of drug-likeness (QED) is 0.226. The minimum Gasteiger partial charge on any atom is -0.357 e. The van der Waals surface area contributed by atoms with Gasteiger partial charge in [-0.2, -0.15) is 0 Å². The molecule has 3 rings (SSSR count). The lowest BCUT2D eigenvalue weighted by atomic mass is 10.2. The van der Waals surface area contributed by atoms with E-state index >= 15 is 0 Å². The zero-order chi connectivity index (χ0) is 16.6. The fourth-order valence-electron chi connectivity index (χ4n) is 3.41. The number of hydrogen-bond donors (Lipinski definition) is 2. The summed E-state index contributed by atoms with van der Waals surface area (Å²) in [7, 11) is 0. The lowest BCUT2D eigenvalue weighted by Crippen LogP contribution is -2.42. The molecule has 0 saturated heterocycles. The number of fused-ring (bicyclic) bond motifs is 1. The third kappa shape index (κ3) is 5.97. The van der Waals surface area contributed by atoms with Gasteiger partial charge in [0.2, 0.25) is 0 Å². The van der Waals surface area contributed by atoms with Crippen molar-refractivity contribution < 1.29 is 0 Å². The minimum absolute atomic E-state index is 0. The lowest BCUT2D eigenvalue weighted by Gasteiger charge is -2.16. The molecule has 0 unspecified atom stereocenters. The smallest absolute Gasteiger partial charge is 0.191 e. The molecule has 0 radical (unpaired) electrons. The van der Waals surface area contributed by atoms with Crippen LogP contribution in [-0.4, -0.2) is 39.9 Å². The van der Waals surface area contributed by atoms with Crippen LogP contribution in [-0.2, 0) is 19.4 Å². The Morgan fingerprint density at radius 3 is 2.88 bits per heavy atom. The summed E-state index contributed by atoms with van der Waals surface area (Å²) < 4.78 is 2.34. The van der Waals surface area contributed by atoms with Crippen LogP contribution in [0.3, 0.4) is 0 Å². The van der Waals surface area contributed by atoms with E-state index in [2.05, 4.69) is 44.5 Å². The number of aliphatic imine (C=N–C) groups is 1. The standard InChI is InChI=1S/C18H30N6.HI/c1-2-19-18(21-15-9-5-6-10-15)20-13-8-12-17-23-22-16-11-4-3-7-14-24(16)17;/h5-6,15H,2-4,7-14H2,1H3,(H2,19,20,21);1H. The average molecular weight is 458 g/mol. The second-order valence-electron chi connectivity index (χ2n) is 6.64. The maximum absolute atomic E-state index is 4.72. The molecule has 7 heteroatoms. The Morgan fingerprint density at radius 1 is 1.24 bits per heavy atom. The van der Waals surface area contributed by atoms with Gasteiger partial charge in [0.25, 0.3) is 0 Å². The van der Waals surface area contributed by atoms with Crippen LogP contribution in [0.15, 0.2) is 17.1 Å². The lowest BCUT2D eigenvalue weighted by molar-refractivity contribution is 0.596. The van der Waals surface area contributed by atoms with Crippen LogP contribution in [0.1, 0.15) is 57.1 Å². The molecule has 2 heterocycles. The molecule has 0 aromatic carbocycles. The van der Waals surface area contributed by atoms with Crippen LogP contribution in [0.2, 0.25) is 0 Å². The summed E-state index contributed by atoms with van der Waals surface area (Å²) in [6, 6.07) is 0.495. The summed E-state index contributed by atoms with van der Waals surface area (Å²) in [4.78, 5) is 4.72. The average Bonchev–Trinajstić information content (AvgIpc) is 3.16. The highest BCUT2D eigenvalue weighted by Gasteiger charge is 2.14. The Bertz CT molecular complexity index is 572. The molecule has 0 saturated carbocycles. The maximum Gasteiger partial charge on any atom is 0.191 e. The third-order valence-electron chi connectivity index (χ3n) is 4.71. The van der Waals surface area contributed by atoms with E-state index < -0.39 is 0 Å². The Hall–Kier alpha value is -1.12. The van der Waals surface area contributed by atoms with Gasteiger partial charge in [-0.25, -0.2) is 0 Å². The molecule has 25 heavy (non-hydrogen) atoms.